The zero-order chi connectivity index (χ0) is 14.5. The van der Waals surface area contributed by atoms with Crippen molar-refractivity contribution in [3.05, 3.63) is 59.4 Å². The molecule has 3 nitrogen and oxygen atoms in total. The summed E-state index contributed by atoms with van der Waals surface area (Å²) in [5.74, 6) is -0.349. The molecule has 0 aliphatic heterocycles. The Balaban J connectivity index is 2.56. The Morgan fingerprint density at radius 1 is 1.25 bits per heavy atom. The lowest BCUT2D eigenvalue weighted by molar-refractivity contribution is 0.112. The van der Waals surface area contributed by atoms with E-state index >= 15 is 0 Å². The first-order valence-electron chi connectivity index (χ1n) is 6.22. The molecule has 0 amide bonds. The highest BCUT2D eigenvalue weighted by molar-refractivity contribution is 5.79. The number of carbonyl (C=O) groups is 1. The molecule has 0 saturated carbocycles. The molecule has 2 rings (SSSR count). The van der Waals surface area contributed by atoms with Gasteiger partial charge in [0.15, 0.2) is 0 Å². The highest BCUT2D eigenvalue weighted by atomic mass is 19.1. The number of rotatable bonds is 4. The SMILES string of the molecule is CCN(c1ccccc1F)c1ccc(C=O)cc1C#N. The minimum Gasteiger partial charge on any atom is -0.338 e. The number of halogens is 1. The normalized spacial score (nSPS) is 9.85. The van der Waals surface area contributed by atoms with Gasteiger partial charge >= 0.3 is 0 Å². The second-order valence-corrected chi connectivity index (χ2v) is 4.20. The average Bonchev–Trinajstić information content (AvgIpc) is 2.50. The number of para-hydroxylation sites is 1. The van der Waals surface area contributed by atoms with Crippen LogP contribution in [0.4, 0.5) is 15.8 Å². The van der Waals surface area contributed by atoms with Crippen LogP contribution in [0.1, 0.15) is 22.8 Å². The monoisotopic (exact) mass is 268 g/mol. The van der Waals surface area contributed by atoms with E-state index < -0.39 is 0 Å². The summed E-state index contributed by atoms with van der Waals surface area (Å²) >= 11 is 0. The molecule has 0 saturated heterocycles. The van der Waals surface area contributed by atoms with Gasteiger partial charge in [-0.3, -0.25) is 4.79 Å². The van der Waals surface area contributed by atoms with E-state index in [2.05, 4.69) is 6.07 Å². The maximum Gasteiger partial charge on any atom is 0.150 e. The molecular weight excluding hydrogens is 255 g/mol. The van der Waals surface area contributed by atoms with E-state index in [9.17, 15) is 14.4 Å². The standard InChI is InChI=1S/C16H13FN2O/c1-2-19(16-6-4-3-5-14(16)17)15-8-7-12(11-20)9-13(15)10-18/h3-9,11H,2H2,1H3. The molecule has 20 heavy (non-hydrogen) atoms. The Hall–Kier alpha value is -2.67. The molecular formula is C16H13FN2O. The van der Waals surface area contributed by atoms with E-state index in [4.69, 9.17) is 0 Å². The van der Waals surface area contributed by atoms with E-state index in [1.165, 1.54) is 12.1 Å². The lowest BCUT2D eigenvalue weighted by Crippen LogP contribution is -2.18. The van der Waals surface area contributed by atoms with E-state index in [1.54, 1.807) is 35.2 Å². The van der Waals surface area contributed by atoms with Gasteiger partial charge in [-0.05, 0) is 37.3 Å². The molecule has 0 radical (unpaired) electrons. The molecule has 0 aliphatic carbocycles. The lowest BCUT2D eigenvalue weighted by Gasteiger charge is -2.24. The van der Waals surface area contributed by atoms with Crippen molar-refractivity contribution < 1.29 is 9.18 Å². The number of aldehydes is 1. The summed E-state index contributed by atoms with van der Waals surface area (Å²) in [5.41, 5.74) is 1.77. The summed E-state index contributed by atoms with van der Waals surface area (Å²) in [6, 6.07) is 13.2. The Kier molecular flexibility index (Phi) is 4.11. The summed E-state index contributed by atoms with van der Waals surface area (Å²) in [7, 11) is 0. The average molecular weight is 268 g/mol. The molecule has 2 aromatic carbocycles. The molecule has 0 bridgehead atoms. The van der Waals surface area contributed by atoms with Crippen LogP contribution >= 0.6 is 0 Å². The van der Waals surface area contributed by atoms with Crippen LogP contribution < -0.4 is 4.90 Å². The lowest BCUT2D eigenvalue weighted by atomic mass is 10.1. The number of hydrogen-bond acceptors (Lipinski definition) is 3. The molecule has 0 spiro atoms. The molecule has 0 heterocycles. The maximum atomic E-state index is 13.9. The number of hydrogen-bond donors (Lipinski definition) is 0. The number of carbonyl (C=O) groups excluding carboxylic acids is 1. The van der Waals surface area contributed by atoms with Crippen LogP contribution in [0.25, 0.3) is 0 Å². The first-order valence-corrected chi connectivity index (χ1v) is 6.22. The Morgan fingerprint density at radius 2 is 2.00 bits per heavy atom. The third-order valence-electron chi connectivity index (χ3n) is 3.03. The van der Waals surface area contributed by atoms with E-state index in [0.717, 1.165) is 0 Å². The predicted octanol–water partition coefficient (Wildman–Crippen LogP) is 3.67. The highest BCUT2D eigenvalue weighted by Crippen LogP contribution is 2.30. The van der Waals surface area contributed by atoms with Crippen molar-refractivity contribution in [3.8, 4) is 6.07 Å². The van der Waals surface area contributed by atoms with Gasteiger partial charge in [-0.2, -0.15) is 5.26 Å². The van der Waals surface area contributed by atoms with Crippen molar-refractivity contribution in [1.29, 1.82) is 5.26 Å². The summed E-state index contributed by atoms with van der Waals surface area (Å²) in [6.45, 7) is 2.39. The Bertz CT molecular complexity index is 676. The highest BCUT2D eigenvalue weighted by Gasteiger charge is 2.15. The number of benzene rings is 2. The van der Waals surface area contributed by atoms with Gasteiger partial charge in [-0.1, -0.05) is 12.1 Å². The third kappa shape index (κ3) is 2.52. The molecule has 0 aliphatic rings. The minimum atomic E-state index is -0.349. The van der Waals surface area contributed by atoms with Crippen LogP contribution in [0.15, 0.2) is 42.5 Å². The molecule has 4 heteroatoms. The van der Waals surface area contributed by atoms with E-state index in [0.29, 0.717) is 35.3 Å². The molecule has 0 unspecified atom stereocenters. The van der Waals surface area contributed by atoms with Crippen molar-refractivity contribution in [2.75, 3.05) is 11.4 Å². The third-order valence-corrected chi connectivity index (χ3v) is 3.03. The number of anilines is 2. The smallest absolute Gasteiger partial charge is 0.150 e. The van der Waals surface area contributed by atoms with Crippen molar-refractivity contribution in [1.82, 2.24) is 0 Å². The summed E-state index contributed by atoms with van der Waals surface area (Å²) in [5, 5.41) is 9.21. The van der Waals surface area contributed by atoms with Crippen molar-refractivity contribution >= 4 is 17.7 Å². The van der Waals surface area contributed by atoms with Gasteiger partial charge in [0.2, 0.25) is 0 Å². The quantitative estimate of drug-likeness (QED) is 0.795. The van der Waals surface area contributed by atoms with E-state index in [-0.39, 0.29) is 5.82 Å². The van der Waals surface area contributed by atoms with Crippen LogP contribution in [-0.2, 0) is 0 Å². The molecule has 0 fully saturated rings. The van der Waals surface area contributed by atoms with Gasteiger partial charge in [-0.15, -0.1) is 0 Å². The van der Waals surface area contributed by atoms with Gasteiger partial charge < -0.3 is 4.90 Å². The number of nitriles is 1. The van der Waals surface area contributed by atoms with Gasteiger partial charge in [-0.25, -0.2) is 4.39 Å². The molecule has 0 aromatic heterocycles. The van der Waals surface area contributed by atoms with Crippen LogP contribution in [-0.4, -0.2) is 12.8 Å². The molecule has 2 aromatic rings. The van der Waals surface area contributed by atoms with Crippen molar-refractivity contribution in [2.24, 2.45) is 0 Å². The van der Waals surface area contributed by atoms with Crippen molar-refractivity contribution in [3.63, 3.8) is 0 Å². The minimum absolute atomic E-state index is 0.347. The fraction of sp³-hybridized carbons (Fsp3) is 0.125. The maximum absolute atomic E-state index is 13.9. The first-order chi connectivity index (χ1) is 9.71. The second kappa shape index (κ2) is 5.98. The summed E-state index contributed by atoms with van der Waals surface area (Å²) in [4.78, 5) is 12.5. The van der Waals surface area contributed by atoms with Gasteiger partial charge in [0, 0.05) is 12.1 Å². The molecule has 0 N–H and O–H groups in total. The van der Waals surface area contributed by atoms with Crippen LogP contribution in [0, 0.1) is 17.1 Å². The van der Waals surface area contributed by atoms with Crippen LogP contribution in [0.5, 0.6) is 0 Å². The van der Waals surface area contributed by atoms with Gasteiger partial charge in [0.1, 0.15) is 18.2 Å². The van der Waals surface area contributed by atoms with Gasteiger partial charge in [0.05, 0.1) is 16.9 Å². The zero-order valence-electron chi connectivity index (χ0n) is 11.0. The van der Waals surface area contributed by atoms with Crippen LogP contribution in [0.2, 0.25) is 0 Å². The summed E-state index contributed by atoms with van der Waals surface area (Å²) in [6.07, 6.45) is 0.685. The van der Waals surface area contributed by atoms with Crippen LogP contribution in [0.3, 0.4) is 0 Å². The van der Waals surface area contributed by atoms with E-state index in [1.807, 2.05) is 6.92 Å². The predicted molar refractivity (Wildman–Crippen MR) is 75.6 cm³/mol. The fourth-order valence-electron chi connectivity index (χ4n) is 2.09. The van der Waals surface area contributed by atoms with Gasteiger partial charge in [0.25, 0.3) is 0 Å². The molecule has 0 atom stereocenters. The fourth-order valence-corrected chi connectivity index (χ4v) is 2.09. The zero-order valence-corrected chi connectivity index (χ0v) is 11.0. The molecule has 100 valence electrons. The topological polar surface area (TPSA) is 44.1 Å². The Morgan fingerprint density at radius 3 is 2.60 bits per heavy atom. The largest absolute Gasteiger partial charge is 0.338 e. The van der Waals surface area contributed by atoms with Crippen molar-refractivity contribution in [2.45, 2.75) is 6.92 Å². The number of nitrogens with zero attached hydrogens (tertiary/aromatic N) is 2. The Labute approximate surface area is 116 Å². The summed E-state index contributed by atoms with van der Waals surface area (Å²) < 4.78 is 13.9. The second-order valence-electron chi connectivity index (χ2n) is 4.20. The first kappa shape index (κ1) is 13.8.